The Labute approximate surface area is 102 Å². The van der Waals surface area contributed by atoms with Crippen LogP contribution in [-0.2, 0) is 0 Å². The maximum atomic E-state index is 5.74. The number of fused-ring (bicyclic) bond motifs is 1. The van der Waals surface area contributed by atoms with Gasteiger partial charge >= 0.3 is 0 Å². The predicted molar refractivity (Wildman–Crippen MR) is 70.5 cm³/mol. The minimum atomic E-state index is 0.666. The topological polar surface area (TPSA) is 25.2 Å². The molecule has 2 nitrogen and oxygen atoms in total. The monoisotopic (exact) mass is 229 g/mol. The molecule has 90 valence electrons. The van der Waals surface area contributed by atoms with E-state index in [4.69, 9.17) is 4.42 Å². The van der Waals surface area contributed by atoms with Gasteiger partial charge in [0.25, 0.3) is 0 Å². The van der Waals surface area contributed by atoms with Crippen LogP contribution < -0.4 is 5.32 Å². The second kappa shape index (κ2) is 4.19. The van der Waals surface area contributed by atoms with Gasteiger partial charge in [0, 0.05) is 10.9 Å². The van der Waals surface area contributed by atoms with E-state index in [1.807, 2.05) is 6.26 Å². The first kappa shape index (κ1) is 10.8. The fourth-order valence-corrected chi connectivity index (χ4v) is 3.01. The van der Waals surface area contributed by atoms with E-state index >= 15 is 0 Å². The van der Waals surface area contributed by atoms with Crippen molar-refractivity contribution >= 4 is 11.0 Å². The minimum Gasteiger partial charge on any atom is -0.464 e. The Morgan fingerprint density at radius 1 is 1.18 bits per heavy atom. The van der Waals surface area contributed by atoms with Gasteiger partial charge in [-0.05, 0) is 62.9 Å². The number of hydrogen-bond acceptors (Lipinski definition) is 2. The summed E-state index contributed by atoms with van der Waals surface area (Å²) in [6.45, 7) is 6.57. The molecular formula is C15H19NO. The summed E-state index contributed by atoms with van der Waals surface area (Å²) in [4.78, 5) is 0. The molecule has 2 aromatic rings. The molecule has 0 unspecified atom stereocenters. The van der Waals surface area contributed by atoms with E-state index in [1.165, 1.54) is 34.9 Å². The molecule has 1 aromatic heterocycles. The molecule has 0 bridgehead atoms. The molecule has 17 heavy (non-hydrogen) atoms. The first-order valence-electron chi connectivity index (χ1n) is 6.45. The van der Waals surface area contributed by atoms with Crippen LogP contribution in [0, 0.1) is 13.8 Å². The van der Waals surface area contributed by atoms with Crippen LogP contribution in [0.15, 0.2) is 22.8 Å². The highest BCUT2D eigenvalue weighted by molar-refractivity contribution is 5.85. The lowest BCUT2D eigenvalue weighted by Crippen LogP contribution is -2.26. The van der Waals surface area contributed by atoms with Gasteiger partial charge < -0.3 is 9.73 Å². The number of furan rings is 1. The number of benzene rings is 1. The van der Waals surface area contributed by atoms with E-state index < -0.39 is 0 Å². The average molecular weight is 229 g/mol. The molecule has 0 atom stereocenters. The van der Waals surface area contributed by atoms with Crippen molar-refractivity contribution in [2.45, 2.75) is 32.6 Å². The van der Waals surface area contributed by atoms with Gasteiger partial charge in [-0.3, -0.25) is 0 Å². The Bertz CT molecular complexity index is 535. The lowest BCUT2D eigenvalue weighted by Gasteiger charge is -2.22. The molecule has 2 heterocycles. The van der Waals surface area contributed by atoms with Crippen molar-refractivity contribution in [3.8, 4) is 0 Å². The highest BCUT2D eigenvalue weighted by Crippen LogP contribution is 2.35. The second-order valence-electron chi connectivity index (χ2n) is 5.17. The lowest BCUT2D eigenvalue weighted by atomic mass is 9.88. The zero-order valence-electron chi connectivity index (χ0n) is 10.5. The minimum absolute atomic E-state index is 0.666. The van der Waals surface area contributed by atoms with Crippen molar-refractivity contribution < 1.29 is 4.42 Å². The van der Waals surface area contributed by atoms with Crippen LogP contribution in [0.4, 0.5) is 0 Å². The Morgan fingerprint density at radius 2 is 1.94 bits per heavy atom. The summed E-state index contributed by atoms with van der Waals surface area (Å²) in [5.74, 6) is 0.666. The molecule has 1 aliphatic rings. The number of aryl methyl sites for hydroxylation is 2. The fourth-order valence-electron chi connectivity index (χ4n) is 3.01. The second-order valence-corrected chi connectivity index (χ2v) is 5.17. The summed E-state index contributed by atoms with van der Waals surface area (Å²) in [5.41, 5.74) is 5.10. The molecule has 0 amide bonds. The fraction of sp³-hybridized carbons (Fsp3) is 0.467. The Balaban J connectivity index is 2.10. The summed E-state index contributed by atoms with van der Waals surface area (Å²) in [5, 5.41) is 4.77. The first-order chi connectivity index (χ1) is 8.25. The van der Waals surface area contributed by atoms with Crippen LogP contribution in [0.5, 0.6) is 0 Å². The van der Waals surface area contributed by atoms with E-state index in [0.717, 1.165) is 18.7 Å². The van der Waals surface area contributed by atoms with Crippen molar-refractivity contribution in [1.82, 2.24) is 5.32 Å². The van der Waals surface area contributed by atoms with Gasteiger partial charge in [0.05, 0.1) is 6.26 Å². The van der Waals surface area contributed by atoms with Crippen LogP contribution in [0.25, 0.3) is 11.0 Å². The molecule has 0 aliphatic carbocycles. The molecule has 1 N–H and O–H groups in total. The molecule has 0 radical (unpaired) electrons. The van der Waals surface area contributed by atoms with E-state index in [9.17, 15) is 0 Å². The van der Waals surface area contributed by atoms with Crippen LogP contribution in [0.1, 0.15) is 35.4 Å². The predicted octanol–water partition coefficient (Wildman–Crippen LogP) is 3.52. The molecule has 2 heteroatoms. The molecule has 0 saturated carbocycles. The smallest absolute Gasteiger partial charge is 0.134 e. The van der Waals surface area contributed by atoms with Gasteiger partial charge in [-0.2, -0.15) is 0 Å². The maximum absolute atomic E-state index is 5.74. The molecule has 1 aliphatic heterocycles. The van der Waals surface area contributed by atoms with Crippen molar-refractivity contribution in [2.24, 2.45) is 0 Å². The molecule has 1 saturated heterocycles. The molecule has 3 rings (SSSR count). The summed E-state index contributed by atoms with van der Waals surface area (Å²) in [6.07, 6.45) is 4.43. The zero-order chi connectivity index (χ0) is 11.8. The van der Waals surface area contributed by atoms with Crippen molar-refractivity contribution in [2.75, 3.05) is 13.1 Å². The van der Waals surface area contributed by atoms with Crippen molar-refractivity contribution in [1.29, 1.82) is 0 Å². The summed E-state index contributed by atoms with van der Waals surface area (Å²) < 4.78 is 5.74. The summed E-state index contributed by atoms with van der Waals surface area (Å²) in [7, 11) is 0. The van der Waals surface area contributed by atoms with E-state index in [2.05, 4.69) is 31.3 Å². The Morgan fingerprint density at radius 3 is 2.71 bits per heavy atom. The molecule has 1 aromatic carbocycles. The normalized spacial score (nSPS) is 17.8. The molecule has 1 fully saturated rings. The van der Waals surface area contributed by atoms with Gasteiger partial charge in [-0.15, -0.1) is 0 Å². The standard InChI is InChI=1S/C15H19NO/c1-10-7-11(2)15-13(9-17-14(15)8-10)12-3-5-16-6-4-12/h7-9,12,16H,3-6H2,1-2H3. The van der Waals surface area contributed by atoms with Crippen LogP contribution in [0.3, 0.4) is 0 Å². The number of piperidine rings is 1. The maximum Gasteiger partial charge on any atom is 0.134 e. The molecular weight excluding hydrogens is 210 g/mol. The quantitative estimate of drug-likeness (QED) is 0.809. The third-order valence-electron chi connectivity index (χ3n) is 3.82. The van der Waals surface area contributed by atoms with Crippen LogP contribution in [-0.4, -0.2) is 13.1 Å². The number of rotatable bonds is 1. The first-order valence-corrected chi connectivity index (χ1v) is 6.45. The van der Waals surface area contributed by atoms with E-state index in [0.29, 0.717) is 5.92 Å². The third-order valence-corrected chi connectivity index (χ3v) is 3.82. The lowest BCUT2D eigenvalue weighted by molar-refractivity contribution is 0.457. The van der Waals surface area contributed by atoms with Crippen molar-refractivity contribution in [3.05, 3.63) is 35.1 Å². The third kappa shape index (κ3) is 1.87. The number of nitrogens with one attached hydrogen (secondary N) is 1. The van der Waals surface area contributed by atoms with Gasteiger partial charge in [0.15, 0.2) is 0 Å². The number of hydrogen-bond donors (Lipinski definition) is 1. The molecule has 0 spiro atoms. The van der Waals surface area contributed by atoms with Gasteiger partial charge in [-0.1, -0.05) is 6.07 Å². The van der Waals surface area contributed by atoms with Gasteiger partial charge in [-0.25, -0.2) is 0 Å². The van der Waals surface area contributed by atoms with Crippen molar-refractivity contribution in [3.63, 3.8) is 0 Å². The highest BCUT2D eigenvalue weighted by atomic mass is 16.3. The van der Waals surface area contributed by atoms with Gasteiger partial charge in [0.2, 0.25) is 0 Å². The summed E-state index contributed by atoms with van der Waals surface area (Å²) in [6, 6.07) is 4.40. The Hall–Kier alpha value is -1.28. The summed E-state index contributed by atoms with van der Waals surface area (Å²) >= 11 is 0. The van der Waals surface area contributed by atoms with Crippen LogP contribution >= 0.6 is 0 Å². The van der Waals surface area contributed by atoms with Gasteiger partial charge in [0.1, 0.15) is 5.58 Å². The van der Waals surface area contributed by atoms with E-state index in [1.54, 1.807) is 0 Å². The Kier molecular flexibility index (Phi) is 2.67. The highest BCUT2D eigenvalue weighted by Gasteiger charge is 2.20. The van der Waals surface area contributed by atoms with E-state index in [-0.39, 0.29) is 0 Å². The largest absolute Gasteiger partial charge is 0.464 e. The zero-order valence-corrected chi connectivity index (χ0v) is 10.5. The average Bonchev–Trinajstić information content (AvgIpc) is 2.74. The SMILES string of the molecule is Cc1cc(C)c2c(C3CCNCC3)coc2c1. The van der Waals surface area contributed by atoms with Crippen LogP contribution in [0.2, 0.25) is 0 Å².